The Morgan fingerprint density at radius 1 is 1.07 bits per heavy atom. The fourth-order valence-electron chi connectivity index (χ4n) is 4.39. The Morgan fingerprint density at radius 2 is 1.86 bits per heavy atom. The van der Waals surface area contributed by atoms with Crippen molar-refractivity contribution in [1.29, 1.82) is 0 Å². The smallest absolute Gasteiger partial charge is 0.254 e. The minimum Gasteiger partial charge on any atom is -0.337 e. The maximum absolute atomic E-state index is 13.3. The number of likely N-dealkylation sites (tertiary alicyclic amines) is 1. The Bertz CT molecular complexity index is 1040. The second-order valence-corrected chi connectivity index (χ2v) is 7.70. The van der Waals surface area contributed by atoms with Crippen LogP contribution in [-0.4, -0.2) is 56.4 Å². The SMILES string of the molecule is Cc1cc(C)nc(N2CC3CCN(C(=O)c4ccnc5ncccc45)CC32)n1. The fraction of sp³-hybridized carbons (Fsp3) is 0.381. The van der Waals surface area contributed by atoms with Gasteiger partial charge in [0, 0.05) is 54.7 Å². The summed E-state index contributed by atoms with van der Waals surface area (Å²) < 4.78 is 0. The van der Waals surface area contributed by atoms with E-state index < -0.39 is 0 Å². The topological polar surface area (TPSA) is 75.1 Å². The first kappa shape index (κ1) is 17.0. The normalized spacial score (nSPS) is 21.4. The lowest BCUT2D eigenvalue weighted by Crippen LogP contribution is -2.65. The van der Waals surface area contributed by atoms with Gasteiger partial charge in [-0.3, -0.25) is 4.79 Å². The first-order valence-electron chi connectivity index (χ1n) is 9.68. The minimum absolute atomic E-state index is 0.0482. The van der Waals surface area contributed by atoms with E-state index in [1.807, 2.05) is 36.9 Å². The maximum Gasteiger partial charge on any atom is 0.254 e. The van der Waals surface area contributed by atoms with Gasteiger partial charge in [-0.2, -0.15) is 0 Å². The van der Waals surface area contributed by atoms with Crippen molar-refractivity contribution >= 4 is 22.9 Å². The molecule has 0 N–H and O–H groups in total. The molecule has 142 valence electrons. The molecule has 2 unspecified atom stereocenters. The molecular formula is C21H22N6O. The molecule has 2 aliphatic rings. The van der Waals surface area contributed by atoms with Crippen LogP contribution in [0, 0.1) is 19.8 Å². The molecule has 2 saturated heterocycles. The van der Waals surface area contributed by atoms with Gasteiger partial charge in [0.2, 0.25) is 5.95 Å². The Balaban J connectivity index is 1.40. The first-order chi connectivity index (χ1) is 13.6. The van der Waals surface area contributed by atoms with E-state index in [0.29, 0.717) is 23.7 Å². The van der Waals surface area contributed by atoms with Gasteiger partial charge >= 0.3 is 0 Å². The number of carbonyl (C=O) groups is 1. The summed E-state index contributed by atoms with van der Waals surface area (Å²) in [6.45, 7) is 6.44. The number of hydrogen-bond donors (Lipinski definition) is 0. The molecule has 0 aliphatic carbocycles. The molecular weight excluding hydrogens is 352 g/mol. The maximum atomic E-state index is 13.3. The lowest BCUT2D eigenvalue weighted by Gasteiger charge is -2.53. The van der Waals surface area contributed by atoms with Crippen LogP contribution in [0.5, 0.6) is 0 Å². The number of pyridine rings is 2. The van der Waals surface area contributed by atoms with Gasteiger partial charge in [-0.1, -0.05) is 0 Å². The van der Waals surface area contributed by atoms with Crippen LogP contribution in [0.25, 0.3) is 11.0 Å². The van der Waals surface area contributed by atoms with E-state index in [-0.39, 0.29) is 11.9 Å². The van der Waals surface area contributed by atoms with Crippen LogP contribution < -0.4 is 4.90 Å². The third kappa shape index (κ3) is 2.78. The average molecular weight is 374 g/mol. The van der Waals surface area contributed by atoms with Gasteiger partial charge in [-0.15, -0.1) is 0 Å². The van der Waals surface area contributed by atoms with Crippen LogP contribution in [0.1, 0.15) is 28.2 Å². The second-order valence-electron chi connectivity index (χ2n) is 7.70. The number of aromatic nitrogens is 4. The fourth-order valence-corrected chi connectivity index (χ4v) is 4.39. The highest BCUT2D eigenvalue weighted by molar-refractivity contribution is 6.05. The van der Waals surface area contributed by atoms with E-state index in [4.69, 9.17) is 0 Å². The molecule has 1 amide bonds. The zero-order valence-corrected chi connectivity index (χ0v) is 16.0. The zero-order valence-electron chi connectivity index (χ0n) is 16.0. The van der Waals surface area contributed by atoms with Gasteiger partial charge in [-0.25, -0.2) is 19.9 Å². The molecule has 0 spiro atoms. The number of nitrogens with zero attached hydrogens (tertiary/aromatic N) is 6. The Kier molecular flexibility index (Phi) is 3.96. The van der Waals surface area contributed by atoms with E-state index in [1.54, 1.807) is 18.5 Å². The number of aryl methyl sites for hydroxylation is 2. The lowest BCUT2D eigenvalue weighted by atomic mass is 9.82. The van der Waals surface area contributed by atoms with Gasteiger partial charge in [0.05, 0.1) is 11.6 Å². The Morgan fingerprint density at radius 3 is 2.68 bits per heavy atom. The van der Waals surface area contributed by atoms with Crippen molar-refractivity contribution in [2.75, 3.05) is 24.5 Å². The lowest BCUT2D eigenvalue weighted by molar-refractivity contribution is 0.0591. The number of amides is 1. The van der Waals surface area contributed by atoms with E-state index in [1.165, 1.54) is 0 Å². The molecule has 7 nitrogen and oxygen atoms in total. The van der Waals surface area contributed by atoms with Crippen molar-refractivity contribution in [2.45, 2.75) is 26.3 Å². The monoisotopic (exact) mass is 374 g/mol. The van der Waals surface area contributed by atoms with Crippen LogP contribution in [0.3, 0.4) is 0 Å². The molecule has 2 atom stereocenters. The number of fused-ring (bicyclic) bond motifs is 2. The first-order valence-corrected chi connectivity index (χ1v) is 9.68. The van der Waals surface area contributed by atoms with Crippen molar-refractivity contribution in [3.05, 3.63) is 53.6 Å². The van der Waals surface area contributed by atoms with Crippen LogP contribution in [0.4, 0.5) is 5.95 Å². The summed E-state index contributed by atoms with van der Waals surface area (Å²) in [5.41, 5.74) is 3.23. The van der Waals surface area contributed by atoms with E-state index in [9.17, 15) is 4.79 Å². The Hall–Kier alpha value is -3.09. The molecule has 7 heteroatoms. The van der Waals surface area contributed by atoms with Gasteiger partial charge < -0.3 is 9.80 Å². The van der Waals surface area contributed by atoms with E-state index >= 15 is 0 Å². The van der Waals surface area contributed by atoms with Crippen molar-refractivity contribution in [2.24, 2.45) is 5.92 Å². The number of hydrogen-bond acceptors (Lipinski definition) is 6. The molecule has 2 aliphatic heterocycles. The van der Waals surface area contributed by atoms with Crippen LogP contribution in [-0.2, 0) is 0 Å². The summed E-state index contributed by atoms with van der Waals surface area (Å²) in [4.78, 5) is 35.2. The zero-order chi connectivity index (χ0) is 19.3. The van der Waals surface area contributed by atoms with Gasteiger partial charge in [0.1, 0.15) is 0 Å². The summed E-state index contributed by atoms with van der Waals surface area (Å²) >= 11 is 0. The van der Waals surface area contributed by atoms with Crippen molar-refractivity contribution < 1.29 is 4.79 Å². The standard InChI is InChI=1S/C21H22N6O/c1-13-10-14(2)25-21(24-13)27-11-15-6-9-26(12-18(15)27)20(28)17-5-8-23-19-16(17)4-3-7-22-19/h3-5,7-8,10,15,18H,6,9,11-12H2,1-2H3. The minimum atomic E-state index is 0.0482. The number of piperidine rings is 1. The average Bonchev–Trinajstić information content (AvgIpc) is 2.67. The molecule has 0 aromatic carbocycles. The largest absolute Gasteiger partial charge is 0.337 e. The number of rotatable bonds is 2. The molecule has 3 aromatic heterocycles. The molecule has 28 heavy (non-hydrogen) atoms. The van der Waals surface area contributed by atoms with Crippen LogP contribution in [0.15, 0.2) is 36.7 Å². The summed E-state index contributed by atoms with van der Waals surface area (Å²) in [5.74, 6) is 1.43. The van der Waals surface area contributed by atoms with Crippen molar-refractivity contribution in [3.8, 4) is 0 Å². The van der Waals surface area contributed by atoms with Crippen LogP contribution in [0.2, 0.25) is 0 Å². The summed E-state index contributed by atoms with van der Waals surface area (Å²) in [6.07, 6.45) is 4.37. The second kappa shape index (κ2) is 6.51. The third-order valence-electron chi connectivity index (χ3n) is 5.81. The molecule has 2 fully saturated rings. The summed E-state index contributed by atoms with van der Waals surface area (Å²) in [5, 5.41) is 0.806. The molecule has 0 radical (unpaired) electrons. The predicted octanol–water partition coefficient (Wildman–Crippen LogP) is 2.39. The summed E-state index contributed by atoms with van der Waals surface area (Å²) in [7, 11) is 0. The quantitative estimate of drug-likeness (QED) is 0.686. The van der Waals surface area contributed by atoms with Gasteiger partial charge in [0.25, 0.3) is 5.91 Å². The van der Waals surface area contributed by atoms with E-state index in [0.717, 1.165) is 42.2 Å². The molecule has 5 rings (SSSR count). The Labute approximate surface area is 163 Å². The van der Waals surface area contributed by atoms with Gasteiger partial charge in [-0.05, 0) is 44.5 Å². The van der Waals surface area contributed by atoms with Crippen molar-refractivity contribution in [1.82, 2.24) is 24.8 Å². The highest BCUT2D eigenvalue weighted by atomic mass is 16.2. The highest BCUT2D eigenvalue weighted by Crippen LogP contribution is 2.35. The highest BCUT2D eigenvalue weighted by Gasteiger charge is 2.45. The van der Waals surface area contributed by atoms with Crippen molar-refractivity contribution in [3.63, 3.8) is 0 Å². The molecule has 0 bridgehead atoms. The molecule has 5 heterocycles. The van der Waals surface area contributed by atoms with E-state index in [2.05, 4.69) is 24.8 Å². The van der Waals surface area contributed by atoms with Crippen LogP contribution >= 0.6 is 0 Å². The number of anilines is 1. The molecule has 0 saturated carbocycles. The molecule has 3 aromatic rings. The predicted molar refractivity (Wildman–Crippen MR) is 106 cm³/mol. The summed E-state index contributed by atoms with van der Waals surface area (Å²) in [6, 6.07) is 7.82. The van der Waals surface area contributed by atoms with Gasteiger partial charge in [0.15, 0.2) is 5.65 Å². The number of carbonyl (C=O) groups excluding carboxylic acids is 1. The third-order valence-corrected chi connectivity index (χ3v) is 5.81.